The van der Waals surface area contributed by atoms with Gasteiger partial charge in [-0.2, -0.15) is 5.10 Å². The van der Waals surface area contributed by atoms with Gasteiger partial charge in [0.25, 0.3) is 0 Å². The maximum absolute atomic E-state index is 12.5. The van der Waals surface area contributed by atoms with Crippen LogP contribution in [0, 0.1) is 17.0 Å². The van der Waals surface area contributed by atoms with E-state index in [1.165, 1.54) is 10.9 Å². The minimum atomic E-state index is -0.511. The van der Waals surface area contributed by atoms with E-state index < -0.39 is 11.0 Å². The molecule has 1 aliphatic rings. The Labute approximate surface area is 117 Å². The number of rotatable bonds is 3. The monoisotopic (exact) mass is 280 g/mol. The SMILES string of the molecule is Cc1nn([C@H](C)C(=O)N2CCCC[C@@H]2C)cc1[N+](=O)[O-]. The highest BCUT2D eigenvalue weighted by atomic mass is 16.6. The van der Waals surface area contributed by atoms with Crippen molar-refractivity contribution in [1.29, 1.82) is 0 Å². The molecule has 1 aliphatic heterocycles. The second kappa shape index (κ2) is 5.60. The number of amides is 1. The van der Waals surface area contributed by atoms with Crippen molar-refractivity contribution in [3.8, 4) is 0 Å². The zero-order valence-electron chi connectivity index (χ0n) is 12.1. The Morgan fingerprint density at radius 2 is 2.25 bits per heavy atom. The number of aromatic nitrogens is 2. The van der Waals surface area contributed by atoms with Crippen LogP contribution in [0.15, 0.2) is 6.20 Å². The maximum atomic E-state index is 12.5. The van der Waals surface area contributed by atoms with Crippen LogP contribution in [-0.2, 0) is 4.79 Å². The van der Waals surface area contributed by atoms with Crippen molar-refractivity contribution >= 4 is 11.6 Å². The molecule has 0 radical (unpaired) electrons. The topological polar surface area (TPSA) is 81.3 Å². The maximum Gasteiger partial charge on any atom is 0.309 e. The molecule has 0 saturated carbocycles. The van der Waals surface area contributed by atoms with Crippen LogP contribution in [0.25, 0.3) is 0 Å². The van der Waals surface area contributed by atoms with E-state index >= 15 is 0 Å². The number of nitro groups is 1. The van der Waals surface area contributed by atoms with Crippen molar-refractivity contribution in [3.05, 3.63) is 22.0 Å². The number of piperidine rings is 1. The highest BCUT2D eigenvalue weighted by molar-refractivity contribution is 5.80. The summed E-state index contributed by atoms with van der Waals surface area (Å²) >= 11 is 0. The predicted molar refractivity (Wildman–Crippen MR) is 73.4 cm³/mol. The smallest absolute Gasteiger partial charge is 0.309 e. The molecule has 20 heavy (non-hydrogen) atoms. The Bertz CT molecular complexity index is 526. The summed E-state index contributed by atoms with van der Waals surface area (Å²) in [5.41, 5.74) is 0.290. The van der Waals surface area contributed by atoms with Gasteiger partial charge >= 0.3 is 5.69 Å². The van der Waals surface area contributed by atoms with E-state index in [0.717, 1.165) is 25.8 Å². The normalized spacial score (nSPS) is 20.8. The molecule has 2 rings (SSSR count). The Kier molecular flexibility index (Phi) is 4.06. The number of aryl methyl sites for hydroxylation is 1. The number of carbonyl (C=O) groups is 1. The van der Waals surface area contributed by atoms with Gasteiger partial charge in [0, 0.05) is 12.6 Å². The van der Waals surface area contributed by atoms with Crippen molar-refractivity contribution in [1.82, 2.24) is 14.7 Å². The van der Waals surface area contributed by atoms with E-state index in [1.807, 2.05) is 11.8 Å². The highest BCUT2D eigenvalue weighted by Crippen LogP contribution is 2.23. The summed E-state index contributed by atoms with van der Waals surface area (Å²) in [5.74, 6) is -0.0189. The largest absolute Gasteiger partial charge is 0.338 e. The summed E-state index contributed by atoms with van der Waals surface area (Å²) in [5, 5.41) is 14.9. The molecule has 7 nitrogen and oxygen atoms in total. The lowest BCUT2D eigenvalue weighted by atomic mass is 10.0. The van der Waals surface area contributed by atoms with Gasteiger partial charge in [-0.15, -0.1) is 0 Å². The first-order valence-corrected chi connectivity index (χ1v) is 6.92. The molecule has 1 aromatic rings. The van der Waals surface area contributed by atoms with Crippen LogP contribution < -0.4 is 0 Å². The lowest BCUT2D eigenvalue weighted by Crippen LogP contribution is -2.45. The number of hydrogen-bond donors (Lipinski definition) is 0. The van der Waals surface area contributed by atoms with E-state index in [2.05, 4.69) is 5.10 Å². The third-order valence-electron chi connectivity index (χ3n) is 3.93. The highest BCUT2D eigenvalue weighted by Gasteiger charge is 2.29. The first-order chi connectivity index (χ1) is 9.41. The summed E-state index contributed by atoms with van der Waals surface area (Å²) in [4.78, 5) is 24.7. The number of carbonyl (C=O) groups excluding carboxylic acids is 1. The standard InChI is InChI=1S/C13H20N4O3/c1-9-6-4-5-7-15(9)13(18)11(3)16-8-12(17(19)20)10(2)14-16/h8-9,11H,4-7H2,1-3H3/t9-,11+/m0/s1. The Hall–Kier alpha value is -1.92. The van der Waals surface area contributed by atoms with Crippen molar-refractivity contribution < 1.29 is 9.72 Å². The molecule has 110 valence electrons. The van der Waals surface area contributed by atoms with E-state index in [0.29, 0.717) is 5.69 Å². The van der Waals surface area contributed by atoms with Gasteiger partial charge < -0.3 is 4.90 Å². The first-order valence-electron chi connectivity index (χ1n) is 6.92. The molecule has 0 bridgehead atoms. The minimum Gasteiger partial charge on any atom is -0.338 e. The van der Waals surface area contributed by atoms with Gasteiger partial charge in [0.05, 0.1) is 4.92 Å². The van der Waals surface area contributed by atoms with Crippen LogP contribution in [-0.4, -0.2) is 38.1 Å². The van der Waals surface area contributed by atoms with Crippen LogP contribution in [0.4, 0.5) is 5.69 Å². The molecule has 7 heteroatoms. The molecule has 1 aromatic heterocycles. The van der Waals surface area contributed by atoms with Gasteiger partial charge in [0.15, 0.2) is 0 Å². The van der Waals surface area contributed by atoms with Gasteiger partial charge in [-0.25, -0.2) is 0 Å². The molecule has 0 aliphatic carbocycles. The van der Waals surface area contributed by atoms with Gasteiger partial charge in [-0.3, -0.25) is 19.6 Å². The summed E-state index contributed by atoms with van der Waals surface area (Å²) in [6, 6.07) is -0.284. The molecular formula is C13H20N4O3. The van der Waals surface area contributed by atoms with Gasteiger partial charge in [0.2, 0.25) is 5.91 Å². The Balaban J connectivity index is 2.18. The van der Waals surface area contributed by atoms with Crippen LogP contribution in [0.1, 0.15) is 44.8 Å². The number of hydrogen-bond acceptors (Lipinski definition) is 4. The second-order valence-corrected chi connectivity index (χ2v) is 5.39. The molecule has 0 unspecified atom stereocenters. The number of nitrogens with zero attached hydrogens (tertiary/aromatic N) is 4. The lowest BCUT2D eigenvalue weighted by Gasteiger charge is -2.35. The Morgan fingerprint density at radius 1 is 1.55 bits per heavy atom. The number of likely N-dealkylation sites (tertiary alicyclic amines) is 1. The summed E-state index contributed by atoms with van der Waals surface area (Å²) in [6.07, 6.45) is 4.51. The van der Waals surface area contributed by atoms with E-state index in [4.69, 9.17) is 0 Å². The summed E-state index contributed by atoms with van der Waals surface area (Å²) < 4.78 is 1.40. The fourth-order valence-electron chi connectivity index (χ4n) is 2.63. The van der Waals surface area contributed by atoms with Crippen molar-refractivity contribution in [2.45, 2.75) is 52.1 Å². The quantitative estimate of drug-likeness (QED) is 0.627. The fourth-order valence-corrected chi connectivity index (χ4v) is 2.63. The van der Waals surface area contributed by atoms with Gasteiger partial charge in [-0.05, 0) is 40.0 Å². The molecule has 1 amide bonds. The average Bonchev–Trinajstić information content (AvgIpc) is 2.80. The van der Waals surface area contributed by atoms with Crippen molar-refractivity contribution in [2.24, 2.45) is 0 Å². The summed E-state index contributed by atoms with van der Waals surface area (Å²) in [7, 11) is 0. The van der Waals surface area contributed by atoms with Crippen LogP contribution in [0.5, 0.6) is 0 Å². The molecule has 0 aromatic carbocycles. The minimum absolute atomic E-state index is 0.0189. The third kappa shape index (κ3) is 2.66. The van der Waals surface area contributed by atoms with Crippen molar-refractivity contribution in [3.63, 3.8) is 0 Å². The van der Waals surface area contributed by atoms with Crippen LogP contribution in [0.2, 0.25) is 0 Å². The molecular weight excluding hydrogens is 260 g/mol. The lowest BCUT2D eigenvalue weighted by molar-refractivity contribution is -0.385. The Morgan fingerprint density at radius 3 is 2.80 bits per heavy atom. The van der Waals surface area contributed by atoms with Gasteiger partial charge in [0.1, 0.15) is 17.9 Å². The third-order valence-corrected chi connectivity index (χ3v) is 3.93. The molecule has 0 spiro atoms. The predicted octanol–water partition coefficient (Wildman–Crippen LogP) is 2.06. The second-order valence-electron chi connectivity index (χ2n) is 5.39. The molecule has 1 saturated heterocycles. The van der Waals surface area contributed by atoms with E-state index in [-0.39, 0.29) is 17.6 Å². The molecule has 1 fully saturated rings. The average molecular weight is 280 g/mol. The van der Waals surface area contributed by atoms with E-state index in [1.54, 1.807) is 13.8 Å². The molecule has 0 N–H and O–H groups in total. The zero-order chi connectivity index (χ0) is 14.9. The first kappa shape index (κ1) is 14.5. The molecule has 2 atom stereocenters. The van der Waals surface area contributed by atoms with Gasteiger partial charge in [-0.1, -0.05) is 0 Å². The van der Waals surface area contributed by atoms with Crippen molar-refractivity contribution in [2.75, 3.05) is 6.54 Å². The fraction of sp³-hybridized carbons (Fsp3) is 0.692. The summed E-state index contributed by atoms with van der Waals surface area (Å²) in [6.45, 7) is 6.11. The zero-order valence-corrected chi connectivity index (χ0v) is 12.1. The molecule has 2 heterocycles. The van der Waals surface area contributed by atoms with Crippen LogP contribution in [0.3, 0.4) is 0 Å². The van der Waals surface area contributed by atoms with Crippen LogP contribution >= 0.6 is 0 Å². The van der Waals surface area contributed by atoms with E-state index in [9.17, 15) is 14.9 Å².